The number of halogens is 3. The average Bonchev–Trinajstić information content (AvgIpc) is 1.72. The van der Waals surface area contributed by atoms with Crippen LogP contribution < -0.4 is 6.15 Å². The summed E-state index contributed by atoms with van der Waals surface area (Å²) in [7, 11) is 0. The fraction of sp³-hybridized carbons (Fsp3) is 0.333. The van der Waals surface area contributed by atoms with Crippen molar-refractivity contribution in [2.24, 2.45) is 0 Å². The van der Waals surface area contributed by atoms with Crippen LogP contribution in [0.4, 0.5) is 0 Å². The van der Waals surface area contributed by atoms with Crippen molar-refractivity contribution in [2.45, 2.75) is 22.3 Å². The van der Waals surface area contributed by atoms with E-state index in [0.717, 1.165) is 0 Å². The molecule has 0 spiro atoms. The first-order valence-electron chi connectivity index (χ1n) is 2.00. The lowest BCUT2D eigenvalue weighted by molar-refractivity contribution is 1.72. The van der Waals surface area contributed by atoms with Gasteiger partial charge in [0.2, 0.25) is 0 Å². The molecular formula is C9H24Br3N. The summed E-state index contributed by atoms with van der Waals surface area (Å²) in [6, 6.07) is 12.0. The van der Waals surface area contributed by atoms with Crippen molar-refractivity contribution in [3.8, 4) is 0 Å². The van der Waals surface area contributed by atoms with Crippen molar-refractivity contribution in [3.63, 3.8) is 0 Å². The molecule has 4 heteroatoms. The smallest absolute Gasteiger partial charge is 0.0623 e. The Morgan fingerprint density at radius 1 is 0.385 bits per heavy atom. The molecule has 13 heavy (non-hydrogen) atoms. The van der Waals surface area contributed by atoms with Crippen molar-refractivity contribution in [1.29, 1.82) is 0 Å². The Kier molecular flexibility index (Phi) is 148. The largest absolute Gasteiger partial charge is 0.344 e. The fourth-order valence-corrected chi connectivity index (χ4v) is 0.385. The van der Waals surface area contributed by atoms with Crippen molar-refractivity contribution >= 4 is 50.9 Å². The van der Waals surface area contributed by atoms with E-state index in [0.29, 0.717) is 0 Å². The lowest BCUT2D eigenvalue weighted by Gasteiger charge is -1.69. The van der Waals surface area contributed by atoms with E-state index < -0.39 is 0 Å². The van der Waals surface area contributed by atoms with E-state index in [1.807, 2.05) is 36.4 Å². The second-order valence-electron chi connectivity index (χ2n) is 1.15. The summed E-state index contributed by atoms with van der Waals surface area (Å²) in [5.41, 5.74) is 0. The monoisotopic (exact) mass is 383 g/mol. The van der Waals surface area contributed by atoms with Crippen molar-refractivity contribution in [2.75, 3.05) is 0 Å². The van der Waals surface area contributed by atoms with Crippen LogP contribution in [0.25, 0.3) is 0 Å². The van der Waals surface area contributed by atoms with Crippen LogP contribution >= 0.6 is 50.9 Å². The van der Waals surface area contributed by atoms with Gasteiger partial charge in [0.05, 0.1) is 0 Å². The molecule has 0 unspecified atom stereocenters. The lowest BCUT2D eigenvalue weighted by Crippen LogP contribution is -1.47. The van der Waals surface area contributed by atoms with E-state index in [1.165, 1.54) is 0 Å². The summed E-state index contributed by atoms with van der Waals surface area (Å²) in [4.78, 5) is 0. The zero-order valence-corrected chi connectivity index (χ0v) is 10.5. The van der Waals surface area contributed by atoms with Crippen LogP contribution in [-0.2, 0) is 0 Å². The Morgan fingerprint density at radius 2 is 0.462 bits per heavy atom. The van der Waals surface area contributed by atoms with Crippen LogP contribution in [0.2, 0.25) is 0 Å². The summed E-state index contributed by atoms with van der Waals surface area (Å²) in [6.45, 7) is 0. The van der Waals surface area contributed by atoms with E-state index >= 15 is 0 Å². The molecule has 0 aliphatic heterocycles. The van der Waals surface area contributed by atoms with Crippen LogP contribution in [0.5, 0.6) is 0 Å². The zero-order chi connectivity index (χ0) is 4.24. The maximum Gasteiger partial charge on any atom is -0.0623 e. The van der Waals surface area contributed by atoms with Crippen LogP contribution in [-0.4, -0.2) is 0 Å². The molecular weight excluding hydrogens is 362 g/mol. The molecule has 1 aromatic rings. The van der Waals surface area contributed by atoms with Gasteiger partial charge in [-0.1, -0.05) is 58.7 Å². The minimum Gasteiger partial charge on any atom is -0.344 e. The summed E-state index contributed by atoms with van der Waals surface area (Å²) < 4.78 is 0. The van der Waals surface area contributed by atoms with Gasteiger partial charge in [0.25, 0.3) is 0 Å². The van der Waals surface area contributed by atoms with Gasteiger partial charge in [0.15, 0.2) is 0 Å². The molecule has 0 saturated heterocycles. The van der Waals surface area contributed by atoms with Gasteiger partial charge in [0, 0.05) is 0 Å². The maximum atomic E-state index is 2.00. The second kappa shape index (κ2) is 38.9. The minimum absolute atomic E-state index is 0. The third kappa shape index (κ3) is 32.5. The van der Waals surface area contributed by atoms with Gasteiger partial charge >= 0.3 is 0 Å². The molecule has 1 aromatic carbocycles. The zero-order valence-electron chi connectivity index (χ0n) is 5.40. The predicted molar refractivity (Wildman–Crippen MR) is 82.6 cm³/mol. The highest BCUT2D eigenvalue weighted by Gasteiger charge is 1.57. The molecule has 0 radical (unpaired) electrons. The van der Waals surface area contributed by atoms with Gasteiger partial charge in [-0.15, -0.1) is 50.9 Å². The predicted octanol–water partition coefficient (Wildman–Crippen LogP) is 5.49. The van der Waals surface area contributed by atoms with E-state index in [4.69, 9.17) is 0 Å². The quantitative estimate of drug-likeness (QED) is 0.629. The van der Waals surface area contributed by atoms with E-state index in [-0.39, 0.29) is 79.4 Å². The third-order valence-corrected chi connectivity index (χ3v) is 0.667. The summed E-state index contributed by atoms with van der Waals surface area (Å²) >= 11 is 0. The van der Waals surface area contributed by atoms with E-state index in [2.05, 4.69) is 0 Å². The first-order valence-corrected chi connectivity index (χ1v) is 2.00. The maximum absolute atomic E-state index is 2.00. The lowest BCUT2D eigenvalue weighted by atomic mass is 10.4. The molecule has 3 N–H and O–H groups in total. The molecule has 0 fully saturated rings. The van der Waals surface area contributed by atoms with Crippen molar-refractivity contribution < 1.29 is 0 Å². The number of hydrogen-bond donors (Lipinski definition) is 1. The SMILES string of the molecule is Br.Br.Br.C.C.C.N.c1ccccc1. The molecule has 0 atom stereocenters. The summed E-state index contributed by atoms with van der Waals surface area (Å²) in [6.07, 6.45) is 0. The molecule has 1 nitrogen and oxygen atoms in total. The molecule has 86 valence electrons. The molecule has 0 heterocycles. The Bertz CT molecular complexity index is 86.8. The van der Waals surface area contributed by atoms with Crippen molar-refractivity contribution in [3.05, 3.63) is 36.4 Å². The number of hydrogen-bond acceptors (Lipinski definition) is 1. The normalized spacial score (nSPS) is 3.69. The Hall–Kier alpha value is 0.620. The molecule has 0 aliphatic rings. The summed E-state index contributed by atoms with van der Waals surface area (Å²) in [5.74, 6) is 0. The van der Waals surface area contributed by atoms with Gasteiger partial charge in [-0.05, 0) is 0 Å². The van der Waals surface area contributed by atoms with Gasteiger partial charge in [-0.2, -0.15) is 0 Å². The number of rotatable bonds is 0. The fourth-order valence-electron chi connectivity index (χ4n) is 0.385. The highest BCUT2D eigenvalue weighted by molar-refractivity contribution is 8.93. The third-order valence-electron chi connectivity index (χ3n) is 0.667. The van der Waals surface area contributed by atoms with Crippen LogP contribution in [0.1, 0.15) is 22.3 Å². The van der Waals surface area contributed by atoms with E-state index in [1.54, 1.807) is 0 Å². The van der Waals surface area contributed by atoms with Crippen LogP contribution in [0.15, 0.2) is 36.4 Å². The highest BCUT2D eigenvalue weighted by Crippen LogP contribution is 1.79. The van der Waals surface area contributed by atoms with Crippen LogP contribution in [0.3, 0.4) is 0 Å². The number of benzene rings is 1. The summed E-state index contributed by atoms with van der Waals surface area (Å²) in [5, 5.41) is 0. The van der Waals surface area contributed by atoms with Crippen LogP contribution in [0, 0.1) is 0 Å². The molecule has 0 aliphatic carbocycles. The standard InChI is InChI=1S/C6H6.3CH4.3BrH.H3N/c1-2-4-6-5-3-1;;;;;;;/h1-6H;3*1H4;3*1H;1H3. The second-order valence-corrected chi connectivity index (χ2v) is 1.15. The average molecular weight is 386 g/mol. The molecule has 0 bridgehead atoms. The Labute approximate surface area is 115 Å². The first kappa shape index (κ1) is 49.5. The van der Waals surface area contributed by atoms with Gasteiger partial charge in [-0.25, -0.2) is 0 Å². The first-order chi connectivity index (χ1) is 3.00. The molecule has 0 aromatic heterocycles. The Balaban J connectivity index is -0.0000000103. The van der Waals surface area contributed by atoms with E-state index in [9.17, 15) is 0 Å². The Morgan fingerprint density at radius 3 is 0.538 bits per heavy atom. The van der Waals surface area contributed by atoms with Crippen molar-refractivity contribution in [1.82, 2.24) is 6.15 Å². The van der Waals surface area contributed by atoms with Gasteiger partial charge in [-0.3, -0.25) is 0 Å². The topological polar surface area (TPSA) is 35.0 Å². The highest BCUT2D eigenvalue weighted by atomic mass is 79.9. The van der Waals surface area contributed by atoms with Gasteiger partial charge in [0.1, 0.15) is 0 Å². The molecule has 0 saturated carbocycles. The molecule has 0 amide bonds. The molecule has 1 rings (SSSR count). The van der Waals surface area contributed by atoms with Gasteiger partial charge < -0.3 is 6.15 Å². The minimum atomic E-state index is 0.